The van der Waals surface area contributed by atoms with E-state index in [9.17, 15) is 4.79 Å². The summed E-state index contributed by atoms with van der Waals surface area (Å²) in [6.07, 6.45) is 11.2. The topological polar surface area (TPSA) is 131 Å². The summed E-state index contributed by atoms with van der Waals surface area (Å²) in [6.45, 7) is 8.10. The van der Waals surface area contributed by atoms with Gasteiger partial charge in [-0.05, 0) is 85.2 Å². The Morgan fingerprint density at radius 2 is 1.90 bits per heavy atom. The van der Waals surface area contributed by atoms with Crippen molar-refractivity contribution in [2.75, 3.05) is 30.4 Å². The zero-order valence-corrected chi connectivity index (χ0v) is 23.9. The van der Waals surface area contributed by atoms with Gasteiger partial charge in [0.1, 0.15) is 17.2 Å². The number of imidazole rings is 1. The number of amides is 1. The average molecular weight is 564 g/mol. The third-order valence-corrected chi connectivity index (χ3v) is 8.06. The lowest BCUT2D eigenvalue weighted by atomic mass is 10.1. The normalized spacial score (nSPS) is 18.2. The van der Waals surface area contributed by atoms with Crippen molar-refractivity contribution in [3.8, 4) is 17.1 Å². The van der Waals surface area contributed by atoms with E-state index >= 15 is 0 Å². The Hall–Kier alpha value is -4.54. The van der Waals surface area contributed by atoms with Gasteiger partial charge in [0.15, 0.2) is 11.5 Å². The smallest absolute Gasteiger partial charge is 0.245 e. The number of hydrogen-bond donors (Lipinski definition) is 3. The van der Waals surface area contributed by atoms with E-state index in [0.717, 1.165) is 79.4 Å². The molecule has 1 fully saturated rings. The van der Waals surface area contributed by atoms with Gasteiger partial charge in [0.2, 0.25) is 5.91 Å². The van der Waals surface area contributed by atoms with Gasteiger partial charge >= 0.3 is 0 Å². The summed E-state index contributed by atoms with van der Waals surface area (Å²) in [4.78, 5) is 27.0. The first kappa shape index (κ1) is 27.6. The van der Waals surface area contributed by atoms with Crippen LogP contribution in [0.25, 0.3) is 28.2 Å². The molecule has 3 aromatic heterocycles. The van der Waals surface area contributed by atoms with Crippen LogP contribution in [0, 0.1) is 5.92 Å². The molecular weight excluding hydrogens is 526 g/mol. The van der Waals surface area contributed by atoms with Crippen LogP contribution in [0.2, 0.25) is 0 Å². The number of carbonyl (C=O) groups excluding carboxylic acids is 1. The van der Waals surface area contributed by atoms with Gasteiger partial charge in [0.05, 0.1) is 5.56 Å². The maximum absolute atomic E-state index is 11.0. The number of nitrogen functional groups attached to an aromatic ring is 1. The SMILES string of the molecule is C=CC(=O)N1CCC(N)CC1.CC1Cc2ccc(-n3c(-c4cccnc4N)nc4ccc(N5C=CCN5)nc43)cc2C1. The van der Waals surface area contributed by atoms with Crippen LogP contribution in [-0.2, 0) is 17.6 Å². The van der Waals surface area contributed by atoms with Gasteiger partial charge in [-0.2, -0.15) is 0 Å². The van der Waals surface area contributed by atoms with Crippen LogP contribution >= 0.6 is 0 Å². The van der Waals surface area contributed by atoms with E-state index in [1.807, 2.05) is 35.5 Å². The summed E-state index contributed by atoms with van der Waals surface area (Å²) < 4.78 is 2.11. The molecule has 3 aliphatic rings. The molecule has 7 rings (SSSR count). The molecule has 5 N–H and O–H groups in total. The van der Waals surface area contributed by atoms with Crippen LogP contribution in [0.1, 0.15) is 30.9 Å². The van der Waals surface area contributed by atoms with E-state index in [1.165, 1.54) is 17.2 Å². The Labute approximate surface area is 245 Å². The molecule has 1 aromatic carbocycles. The highest BCUT2D eigenvalue weighted by molar-refractivity contribution is 5.87. The molecule has 1 amide bonds. The fourth-order valence-corrected chi connectivity index (χ4v) is 5.85. The summed E-state index contributed by atoms with van der Waals surface area (Å²) >= 11 is 0. The maximum atomic E-state index is 11.0. The molecule has 1 atom stereocenters. The molecule has 1 saturated heterocycles. The highest BCUT2D eigenvalue weighted by Gasteiger charge is 2.23. The summed E-state index contributed by atoms with van der Waals surface area (Å²) in [5.41, 5.74) is 21.5. The zero-order chi connectivity index (χ0) is 29.2. The largest absolute Gasteiger partial charge is 0.383 e. The summed E-state index contributed by atoms with van der Waals surface area (Å²) in [5.74, 6) is 2.73. The number of carbonyl (C=O) groups is 1. The number of rotatable bonds is 4. The summed E-state index contributed by atoms with van der Waals surface area (Å²) in [6, 6.07) is 14.8. The first-order chi connectivity index (χ1) is 20.4. The number of nitrogens with one attached hydrogen (secondary N) is 1. The van der Waals surface area contributed by atoms with Gasteiger partial charge in [-0.3, -0.25) is 14.4 Å². The van der Waals surface area contributed by atoms with Crippen LogP contribution < -0.4 is 21.9 Å². The molecule has 4 aromatic rings. The van der Waals surface area contributed by atoms with Gasteiger partial charge in [-0.15, -0.1) is 0 Å². The van der Waals surface area contributed by atoms with Crippen LogP contribution in [0.3, 0.4) is 0 Å². The van der Waals surface area contributed by atoms with E-state index in [4.69, 9.17) is 21.4 Å². The third-order valence-electron chi connectivity index (χ3n) is 8.06. The molecule has 10 heteroatoms. The van der Waals surface area contributed by atoms with Crippen LogP contribution in [0.5, 0.6) is 0 Å². The van der Waals surface area contributed by atoms with Crippen molar-refractivity contribution >= 4 is 28.7 Å². The molecule has 216 valence electrons. The Morgan fingerprint density at radius 3 is 2.64 bits per heavy atom. The Kier molecular flexibility index (Phi) is 7.73. The predicted molar refractivity (Wildman–Crippen MR) is 167 cm³/mol. The molecule has 42 heavy (non-hydrogen) atoms. The number of likely N-dealkylation sites (tertiary alicyclic amines) is 1. The second kappa shape index (κ2) is 11.8. The first-order valence-corrected chi connectivity index (χ1v) is 14.5. The lowest BCUT2D eigenvalue weighted by molar-refractivity contribution is -0.126. The van der Waals surface area contributed by atoms with Crippen molar-refractivity contribution in [2.45, 2.75) is 38.6 Å². The maximum Gasteiger partial charge on any atom is 0.245 e. The molecule has 2 aliphatic heterocycles. The van der Waals surface area contributed by atoms with Crippen LogP contribution in [0.15, 0.2) is 73.6 Å². The molecule has 5 heterocycles. The monoisotopic (exact) mass is 563 g/mol. The summed E-state index contributed by atoms with van der Waals surface area (Å²) in [7, 11) is 0. The molecule has 0 saturated carbocycles. The number of aromatic nitrogens is 4. The first-order valence-electron chi connectivity index (χ1n) is 14.5. The molecule has 1 unspecified atom stereocenters. The van der Waals surface area contributed by atoms with Gasteiger partial charge in [-0.1, -0.05) is 25.6 Å². The quantitative estimate of drug-likeness (QED) is 0.320. The minimum absolute atomic E-state index is 0.0249. The molecule has 1 aliphatic carbocycles. The molecule has 10 nitrogen and oxygen atoms in total. The number of fused-ring (bicyclic) bond motifs is 2. The van der Waals surface area contributed by atoms with Crippen molar-refractivity contribution in [1.29, 1.82) is 0 Å². The number of nitrogens with two attached hydrogens (primary N) is 2. The number of hydrazine groups is 1. The van der Waals surface area contributed by atoms with Crippen LogP contribution in [-0.4, -0.2) is 56.0 Å². The Balaban J connectivity index is 0.000000244. The van der Waals surface area contributed by atoms with Crippen molar-refractivity contribution in [1.82, 2.24) is 29.8 Å². The second-order valence-electron chi connectivity index (χ2n) is 11.2. The van der Waals surface area contributed by atoms with E-state index < -0.39 is 0 Å². The summed E-state index contributed by atoms with van der Waals surface area (Å²) in [5, 5.41) is 1.93. The number of anilines is 2. The van der Waals surface area contributed by atoms with E-state index in [2.05, 4.69) is 52.8 Å². The lowest BCUT2D eigenvalue weighted by Gasteiger charge is -2.29. The Bertz CT molecular complexity index is 1650. The van der Waals surface area contributed by atoms with E-state index in [-0.39, 0.29) is 11.9 Å². The number of nitrogens with zero attached hydrogens (tertiary/aromatic N) is 6. The average Bonchev–Trinajstić information content (AvgIpc) is 3.75. The van der Waals surface area contributed by atoms with Gasteiger partial charge in [-0.25, -0.2) is 20.4 Å². The zero-order valence-electron chi connectivity index (χ0n) is 23.9. The molecular formula is C32H37N9O. The molecule has 0 spiro atoms. The lowest BCUT2D eigenvalue weighted by Crippen LogP contribution is -2.42. The van der Waals surface area contributed by atoms with Gasteiger partial charge in [0.25, 0.3) is 0 Å². The number of piperidine rings is 1. The number of benzene rings is 1. The van der Waals surface area contributed by atoms with Crippen molar-refractivity contribution in [2.24, 2.45) is 11.7 Å². The van der Waals surface area contributed by atoms with Crippen molar-refractivity contribution < 1.29 is 4.79 Å². The van der Waals surface area contributed by atoms with Crippen molar-refractivity contribution in [3.05, 3.63) is 84.7 Å². The van der Waals surface area contributed by atoms with Crippen LogP contribution in [0.4, 0.5) is 11.6 Å². The van der Waals surface area contributed by atoms with Crippen molar-refractivity contribution in [3.63, 3.8) is 0 Å². The standard InChI is InChI=1S/C24H23N7.C8H14N2O/c1-15-12-16-5-6-18(14-17(16)13-15)31-23(19-4-2-9-26-22(19)25)28-20-7-8-21(29-24(20)31)30-11-3-10-27-30;1-2-8(11)10-5-3-7(9)4-6-10/h2-9,11,14-15,27H,10,12-13H2,1H3,(H2,25,26);2,7H,1,3-6,9H2. The minimum atomic E-state index is 0.0249. The molecule has 0 radical (unpaired) electrons. The van der Waals surface area contributed by atoms with Gasteiger partial charge < -0.3 is 16.4 Å². The third kappa shape index (κ3) is 5.50. The Morgan fingerprint density at radius 1 is 1.10 bits per heavy atom. The number of pyridine rings is 2. The van der Waals surface area contributed by atoms with E-state index in [0.29, 0.717) is 11.7 Å². The highest BCUT2D eigenvalue weighted by atomic mass is 16.2. The minimum Gasteiger partial charge on any atom is -0.383 e. The van der Waals surface area contributed by atoms with E-state index in [1.54, 1.807) is 11.1 Å². The highest BCUT2D eigenvalue weighted by Crippen LogP contribution is 2.34. The fraction of sp³-hybridized carbons (Fsp3) is 0.312. The predicted octanol–water partition coefficient (Wildman–Crippen LogP) is 3.76. The second-order valence-corrected chi connectivity index (χ2v) is 11.2. The molecule has 0 bridgehead atoms. The fourth-order valence-electron chi connectivity index (χ4n) is 5.85. The van der Waals surface area contributed by atoms with Gasteiger partial charge in [0, 0.05) is 43.8 Å². The number of hydrogen-bond acceptors (Lipinski definition) is 8.